The lowest BCUT2D eigenvalue weighted by molar-refractivity contribution is 0.585. The summed E-state index contributed by atoms with van der Waals surface area (Å²) in [6, 6.07) is 11.1. The molecule has 0 atom stereocenters. The van der Waals surface area contributed by atoms with Crippen LogP contribution in [-0.2, 0) is 6.54 Å². The summed E-state index contributed by atoms with van der Waals surface area (Å²) in [5.74, 6) is 0.0986. The van der Waals surface area contributed by atoms with E-state index in [-0.39, 0.29) is 0 Å². The standard InChI is InChI=1S/C14H11FN2S2/c15-13-4-1-5-14(17-13)16-8-11-7-10(9-19-11)12-3-2-6-18-12/h1-7,9H,8H2,(H,16,17). The third-order valence-electron chi connectivity index (χ3n) is 2.62. The van der Waals surface area contributed by atoms with E-state index in [1.165, 1.54) is 21.4 Å². The molecule has 1 N–H and O–H groups in total. The predicted octanol–water partition coefficient (Wildman–Crippen LogP) is 4.62. The first-order chi connectivity index (χ1) is 9.31. The van der Waals surface area contributed by atoms with E-state index >= 15 is 0 Å². The van der Waals surface area contributed by atoms with E-state index in [9.17, 15) is 4.39 Å². The Bertz CT molecular complexity index is 662. The first-order valence-corrected chi connectivity index (χ1v) is 7.55. The maximum Gasteiger partial charge on any atom is 0.214 e. The third kappa shape index (κ3) is 3.00. The number of anilines is 1. The van der Waals surface area contributed by atoms with Crippen molar-refractivity contribution in [2.75, 3.05) is 5.32 Å². The molecule has 0 saturated carbocycles. The van der Waals surface area contributed by atoms with Crippen LogP contribution < -0.4 is 5.32 Å². The Balaban J connectivity index is 1.68. The van der Waals surface area contributed by atoms with Gasteiger partial charge >= 0.3 is 0 Å². The van der Waals surface area contributed by atoms with Gasteiger partial charge in [-0.25, -0.2) is 4.98 Å². The Kier molecular flexibility index (Phi) is 3.57. The second-order valence-corrected chi connectivity index (χ2v) is 5.92. The molecule has 3 heterocycles. The molecule has 96 valence electrons. The maximum absolute atomic E-state index is 12.9. The Labute approximate surface area is 118 Å². The van der Waals surface area contributed by atoms with E-state index in [1.54, 1.807) is 34.8 Å². The van der Waals surface area contributed by atoms with Crippen LogP contribution in [0.4, 0.5) is 10.2 Å². The quantitative estimate of drug-likeness (QED) is 0.709. The summed E-state index contributed by atoms with van der Waals surface area (Å²) in [6.45, 7) is 0.659. The Morgan fingerprint density at radius 3 is 2.89 bits per heavy atom. The average molecular weight is 290 g/mol. The summed E-state index contributed by atoms with van der Waals surface area (Å²) in [7, 11) is 0. The van der Waals surface area contributed by atoms with Gasteiger partial charge in [0.1, 0.15) is 5.82 Å². The van der Waals surface area contributed by atoms with Gasteiger partial charge in [0.2, 0.25) is 5.95 Å². The molecule has 0 radical (unpaired) electrons. The second kappa shape index (κ2) is 5.50. The fourth-order valence-corrected chi connectivity index (χ4v) is 3.34. The van der Waals surface area contributed by atoms with Crippen molar-refractivity contribution in [3.63, 3.8) is 0 Å². The van der Waals surface area contributed by atoms with Crippen LogP contribution >= 0.6 is 22.7 Å². The SMILES string of the molecule is Fc1cccc(NCc2cc(-c3cccs3)cs2)n1. The van der Waals surface area contributed by atoms with Crippen molar-refractivity contribution in [3.8, 4) is 10.4 Å². The molecule has 0 saturated heterocycles. The molecule has 0 fully saturated rings. The van der Waals surface area contributed by atoms with Crippen LogP contribution in [0, 0.1) is 5.95 Å². The lowest BCUT2D eigenvalue weighted by atomic mass is 10.2. The maximum atomic E-state index is 12.9. The minimum atomic E-state index is -0.463. The Morgan fingerprint density at radius 2 is 2.11 bits per heavy atom. The molecule has 3 aromatic rings. The number of thiophene rings is 2. The molecule has 0 spiro atoms. The van der Waals surface area contributed by atoms with Crippen LogP contribution in [0.5, 0.6) is 0 Å². The van der Waals surface area contributed by atoms with Gasteiger partial charge in [0, 0.05) is 15.3 Å². The minimum Gasteiger partial charge on any atom is -0.365 e. The van der Waals surface area contributed by atoms with Crippen LogP contribution in [0.2, 0.25) is 0 Å². The lowest BCUT2D eigenvalue weighted by Crippen LogP contribution is -2.00. The van der Waals surface area contributed by atoms with Crippen LogP contribution in [-0.4, -0.2) is 4.98 Å². The van der Waals surface area contributed by atoms with Crippen LogP contribution in [0.15, 0.2) is 47.2 Å². The molecule has 2 nitrogen and oxygen atoms in total. The highest BCUT2D eigenvalue weighted by atomic mass is 32.1. The summed E-state index contributed by atoms with van der Waals surface area (Å²) in [5.41, 5.74) is 1.24. The van der Waals surface area contributed by atoms with E-state index in [4.69, 9.17) is 0 Å². The summed E-state index contributed by atoms with van der Waals surface area (Å²) >= 11 is 3.42. The highest BCUT2D eigenvalue weighted by Crippen LogP contribution is 2.29. The fraction of sp³-hybridized carbons (Fsp3) is 0.0714. The largest absolute Gasteiger partial charge is 0.365 e. The molecule has 0 unspecified atom stereocenters. The lowest BCUT2D eigenvalue weighted by Gasteiger charge is -2.02. The van der Waals surface area contributed by atoms with Gasteiger partial charge in [0.25, 0.3) is 0 Å². The third-order valence-corrected chi connectivity index (χ3v) is 4.47. The second-order valence-electron chi connectivity index (χ2n) is 3.98. The van der Waals surface area contributed by atoms with E-state index in [1.807, 2.05) is 6.07 Å². The number of aromatic nitrogens is 1. The van der Waals surface area contributed by atoms with Crippen LogP contribution in [0.25, 0.3) is 10.4 Å². The topological polar surface area (TPSA) is 24.9 Å². The summed E-state index contributed by atoms with van der Waals surface area (Å²) < 4.78 is 12.9. The molecule has 0 amide bonds. The Hall–Kier alpha value is -1.72. The van der Waals surface area contributed by atoms with Crippen molar-refractivity contribution in [3.05, 3.63) is 58.0 Å². The van der Waals surface area contributed by atoms with Crippen LogP contribution in [0.1, 0.15) is 4.88 Å². The van der Waals surface area contributed by atoms with Crippen LogP contribution in [0.3, 0.4) is 0 Å². The normalized spacial score (nSPS) is 10.6. The number of rotatable bonds is 4. The zero-order valence-electron chi connectivity index (χ0n) is 9.97. The monoisotopic (exact) mass is 290 g/mol. The molecule has 3 rings (SSSR count). The molecule has 0 aliphatic rings. The van der Waals surface area contributed by atoms with Crippen molar-refractivity contribution < 1.29 is 4.39 Å². The summed E-state index contributed by atoms with van der Waals surface area (Å²) in [6.07, 6.45) is 0. The molecule has 5 heteroatoms. The van der Waals surface area contributed by atoms with Crippen molar-refractivity contribution in [2.24, 2.45) is 0 Å². The molecule has 0 bridgehead atoms. The van der Waals surface area contributed by atoms with Gasteiger partial charge < -0.3 is 5.32 Å². The van der Waals surface area contributed by atoms with E-state index in [0.717, 1.165) is 0 Å². The van der Waals surface area contributed by atoms with Crippen molar-refractivity contribution in [2.45, 2.75) is 6.54 Å². The predicted molar refractivity (Wildman–Crippen MR) is 79.2 cm³/mol. The van der Waals surface area contributed by atoms with Crippen molar-refractivity contribution in [1.29, 1.82) is 0 Å². The van der Waals surface area contributed by atoms with Gasteiger partial charge in [-0.05, 0) is 35.0 Å². The zero-order chi connectivity index (χ0) is 13.1. The van der Waals surface area contributed by atoms with Gasteiger partial charge in [-0.1, -0.05) is 12.1 Å². The molecular formula is C14H11FN2S2. The van der Waals surface area contributed by atoms with Crippen molar-refractivity contribution in [1.82, 2.24) is 4.98 Å². The molecule has 0 aliphatic heterocycles. The first kappa shape index (κ1) is 12.3. The highest BCUT2D eigenvalue weighted by Gasteiger charge is 2.04. The molecule has 19 heavy (non-hydrogen) atoms. The van der Waals surface area contributed by atoms with Crippen molar-refractivity contribution >= 4 is 28.5 Å². The molecule has 0 aromatic carbocycles. The number of nitrogens with one attached hydrogen (secondary N) is 1. The number of halogens is 1. The number of hydrogen-bond donors (Lipinski definition) is 1. The van der Waals surface area contributed by atoms with Gasteiger partial charge in [-0.3, -0.25) is 0 Å². The molecule has 0 aliphatic carbocycles. The number of nitrogens with zero attached hydrogens (tertiary/aromatic N) is 1. The summed E-state index contributed by atoms with van der Waals surface area (Å²) in [5, 5.41) is 7.33. The van der Waals surface area contributed by atoms with Gasteiger partial charge in [0.05, 0.1) is 6.54 Å². The van der Waals surface area contributed by atoms with E-state index < -0.39 is 5.95 Å². The molecule has 3 aromatic heterocycles. The highest BCUT2D eigenvalue weighted by molar-refractivity contribution is 7.14. The Morgan fingerprint density at radius 1 is 1.16 bits per heavy atom. The van der Waals surface area contributed by atoms with Gasteiger partial charge in [-0.2, -0.15) is 4.39 Å². The first-order valence-electron chi connectivity index (χ1n) is 5.79. The minimum absolute atomic E-state index is 0.463. The zero-order valence-corrected chi connectivity index (χ0v) is 11.6. The molecular weight excluding hydrogens is 279 g/mol. The van der Waals surface area contributed by atoms with Gasteiger partial charge in [-0.15, -0.1) is 22.7 Å². The average Bonchev–Trinajstić information content (AvgIpc) is 3.07. The van der Waals surface area contributed by atoms with E-state index in [0.29, 0.717) is 12.4 Å². The van der Waals surface area contributed by atoms with Gasteiger partial charge in [0.15, 0.2) is 0 Å². The smallest absolute Gasteiger partial charge is 0.214 e. The number of pyridine rings is 1. The summed E-state index contributed by atoms with van der Waals surface area (Å²) in [4.78, 5) is 6.25. The number of hydrogen-bond acceptors (Lipinski definition) is 4. The fourth-order valence-electron chi connectivity index (χ4n) is 1.73. The van der Waals surface area contributed by atoms with E-state index in [2.05, 4.69) is 33.2 Å².